The molecule has 0 fully saturated rings. The number of aryl methyl sites for hydroxylation is 1. The number of fused-ring (bicyclic) bond motifs is 2. The predicted molar refractivity (Wildman–Crippen MR) is 215 cm³/mol. The van der Waals surface area contributed by atoms with Gasteiger partial charge < -0.3 is 14.2 Å². The van der Waals surface area contributed by atoms with Gasteiger partial charge in [-0.05, 0) is 114 Å². The molecule has 7 heteroatoms. The Labute approximate surface area is 314 Å². The van der Waals surface area contributed by atoms with E-state index in [1.807, 2.05) is 111 Å². The Morgan fingerprint density at radius 1 is 0.537 bits per heavy atom. The first kappa shape index (κ1) is 35.8. The molecule has 7 nitrogen and oxygen atoms in total. The number of ether oxygens (including phenoxy) is 3. The fraction of sp³-hybridized carbons (Fsp3) is 0.149. The number of azo groups is 1. The van der Waals surface area contributed by atoms with Crippen LogP contribution in [-0.2, 0) is 0 Å². The Hall–Kier alpha value is -6.60. The van der Waals surface area contributed by atoms with Crippen LogP contribution in [0.1, 0.15) is 58.0 Å². The molecule has 0 bridgehead atoms. The topological polar surface area (TPSA) is 86.5 Å². The average molecular weight is 713 g/mol. The number of carbonyl (C=O) groups excluding carboxylic acids is 2. The number of hydrogen-bond donors (Lipinski definition) is 0. The minimum Gasteiger partial charge on any atom is -0.493 e. The van der Waals surface area contributed by atoms with Gasteiger partial charge in [0.1, 0.15) is 17.2 Å². The van der Waals surface area contributed by atoms with Crippen LogP contribution in [0.3, 0.4) is 0 Å². The minimum atomic E-state index is -0.543. The second-order valence-corrected chi connectivity index (χ2v) is 13.2. The van der Waals surface area contributed by atoms with Crippen LogP contribution in [0.2, 0.25) is 0 Å². The summed E-state index contributed by atoms with van der Waals surface area (Å²) >= 11 is 0. The van der Waals surface area contributed by atoms with Crippen molar-refractivity contribution in [2.45, 2.75) is 40.0 Å². The van der Waals surface area contributed by atoms with Crippen LogP contribution < -0.4 is 14.2 Å². The third kappa shape index (κ3) is 7.91. The van der Waals surface area contributed by atoms with E-state index in [1.54, 1.807) is 42.5 Å². The molecule has 0 aromatic heterocycles. The molecule has 0 unspecified atom stereocenters. The zero-order chi connectivity index (χ0) is 37.4. The van der Waals surface area contributed by atoms with Crippen molar-refractivity contribution in [1.82, 2.24) is 0 Å². The van der Waals surface area contributed by atoms with Gasteiger partial charge >= 0.3 is 11.9 Å². The number of nitrogens with zero attached hydrogens (tertiary/aromatic N) is 2. The standard InChI is InChI=1S/C47H40N2O5/c1-4-5-13-28-52-43-30-36(29-31(2)32(43)3)47(51)54-42-27-23-34-15-10-12-19-40(34)45(42)44-39-18-11-9-14-33(39)22-26-41(44)53-46(50)35-20-24-38(25-21-35)49-48-37-16-7-6-8-17-37/h6-12,14-27,29-30H,4-5,13,28H2,1-3H3. The van der Waals surface area contributed by atoms with Crippen molar-refractivity contribution in [2.75, 3.05) is 6.61 Å². The zero-order valence-electron chi connectivity index (χ0n) is 30.5. The van der Waals surface area contributed by atoms with E-state index >= 15 is 0 Å². The average Bonchev–Trinajstić information content (AvgIpc) is 3.20. The van der Waals surface area contributed by atoms with Crippen LogP contribution in [0, 0.1) is 13.8 Å². The summed E-state index contributed by atoms with van der Waals surface area (Å²) in [5.41, 5.74) is 5.26. The van der Waals surface area contributed by atoms with Crippen molar-refractivity contribution >= 4 is 44.9 Å². The third-order valence-corrected chi connectivity index (χ3v) is 9.44. The third-order valence-electron chi connectivity index (χ3n) is 9.44. The van der Waals surface area contributed by atoms with Crippen LogP contribution in [-0.4, -0.2) is 18.5 Å². The molecular weight excluding hydrogens is 673 g/mol. The highest BCUT2D eigenvalue weighted by atomic mass is 16.5. The fourth-order valence-corrected chi connectivity index (χ4v) is 6.41. The largest absolute Gasteiger partial charge is 0.493 e. The number of benzene rings is 7. The van der Waals surface area contributed by atoms with Crippen LogP contribution in [0.4, 0.5) is 11.4 Å². The number of hydrogen-bond acceptors (Lipinski definition) is 7. The first-order chi connectivity index (χ1) is 26.4. The monoisotopic (exact) mass is 712 g/mol. The second-order valence-electron chi connectivity index (χ2n) is 13.2. The summed E-state index contributed by atoms with van der Waals surface area (Å²) in [5.74, 6) is 0.278. The zero-order valence-corrected chi connectivity index (χ0v) is 30.5. The van der Waals surface area contributed by atoms with Gasteiger partial charge in [-0.25, -0.2) is 9.59 Å². The maximum Gasteiger partial charge on any atom is 0.343 e. The lowest BCUT2D eigenvalue weighted by atomic mass is 9.92. The van der Waals surface area contributed by atoms with Crippen LogP contribution >= 0.6 is 0 Å². The Morgan fingerprint density at radius 3 is 1.67 bits per heavy atom. The van der Waals surface area contributed by atoms with E-state index in [0.29, 0.717) is 51.8 Å². The summed E-state index contributed by atoms with van der Waals surface area (Å²) in [6.07, 6.45) is 3.11. The highest BCUT2D eigenvalue weighted by Crippen LogP contribution is 2.46. The van der Waals surface area contributed by atoms with Crippen molar-refractivity contribution in [3.8, 4) is 28.4 Å². The first-order valence-corrected chi connectivity index (χ1v) is 18.2. The number of carbonyl (C=O) groups is 2. The smallest absolute Gasteiger partial charge is 0.343 e. The summed E-state index contributed by atoms with van der Waals surface area (Å²) < 4.78 is 18.6. The normalized spacial score (nSPS) is 11.2. The van der Waals surface area contributed by atoms with Crippen molar-refractivity contribution in [1.29, 1.82) is 0 Å². The number of unbranched alkanes of at least 4 members (excludes halogenated alkanes) is 2. The lowest BCUT2D eigenvalue weighted by molar-refractivity contribution is 0.0723. The van der Waals surface area contributed by atoms with Gasteiger partial charge in [-0.1, -0.05) is 98.6 Å². The van der Waals surface area contributed by atoms with Gasteiger partial charge in [0.25, 0.3) is 0 Å². The predicted octanol–water partition coefficient (Wildman–Crippen LogP) is 12.7. The number of rotatable bonds is 12. The second kappa shape index (κ2) is 16.4. The molecule has 0 spiro atoms. The lowest BCUT2D eigenvalue weighted by Crippen LogP contribution is -2.12. The van der Waals surface area contributed by atoms with Crippen molar-refractivity contribution < 1.29 is 23.8 Å². The molecular formula is C47H40N2O5. The Balaban J connectivity index is 1.26. The fourth-order valence-electron chi connectivity index (χ4n) is 6.41. The molecule has 54 heavy (non-hydrogen) atoms. The highest BCUT2D eigenvalue weighted by Gasteiger charge is 2.23. The van der Waals surface area contributed by atoms with Gasteiger partial charge in [0.15, 0.2) is 0 Å². The Bertz CT molecular complexity index is 2490. The summed E-state index contributed by atoms with van der Waals surface area (Å²) in [6.45, 7) is 6.69. The van der Waals surface area contributed by atoms with E-state index < -0.39 is 11.9 Å². The molecule has 0 heterocycles. The first-order valence-electron chi connectivity index (χ1n) is 18.2. The van der Waals surface area contributed by atoms with Crippen molar-refractivity contribution in [2.24, 2.45) is 10.2 Å². The maximum atomic E-state index is 14.0. The Morgan fingerprint density at radius 2 is 1.07 bits per heavy atom. The van der Waals surface area contributed by atoms with Crippen molar-refractivity contribution in [3.05, 3.63) is 162 Å². The molecule has 0 amide bonds. The molecule has 0 aliphatic heterocycles. The van der Waals surface area contributed by atoms with E-state index in [4.69, 9.17) is 14.2 Å². The highest BCUT2D eigenvalue weighted by molar-refractivity contribution is 6.11. The van der Waals surface area contributed by atoms with Crippen LogP contribution in [0.5, 0.6) is 17.2 Å². The summed E-state index contributed by atoms with van der Waals surface area (Å²) in [4.78, 5) is 27.8. The molecule has 0 saturated carbocycles. The lowest BCUT2D eigenvalue weighted by Gasteiger charge is -2.19. The van der Waals surface area contributed by atoms with Crippen molar-refractivity contribution in [3.63, 3.8) is 0 Å². The van der Waals surface area contributed by atoms with Gasteiger partial charge in [-0.3, -0.25) is 0 Å². The SMILES string of the molecule is CCCCCOc1cc(C(=O)Oc2ccc3ccccc3c2-c2c(OC(=O)c3ccc(N=Nc4ccccc4)cc3)ccc3ccccc23)cc(C)c1C. The van der Waals surface area contributed by atoms with E-state index in [0.717, 1.165) is 57.6 Å². The van der Waals surface area contributed by atoms with Crippen LogP contribution in [0.15, 0.2) is 150 Å². The summed E-state index contributed by atoms with van der Waals surface area (Å²) in [7, 11) is 0. The molecule has 0 radical (unpaired) electrons. The van der Waals surface area contributed by atoms with E-state index in [2.05, 4.69) is 17.2 Å². The molecule has 7 aromatic rings. The molecule has 0 aliphatic rings. The molecule has 0 saturated heterocycles. The van der Waals surface area contributed by atoms with E-state index in [-0.39, 0.29) is 0 Å². The molecule has 0 atom stereocenters. The molecule has 7 aromatic carbocycles. The molecule has 0 aliphatic carbocycles. The maximum absolute atomic E-state index is 14.0. The molecule has 7 rings (SSSR count). The van der Waals surface area contributed by atoms with Gasteiger partial charge in [-0.2, -0.15) is 10.2 Å². The van der Waals surface area contributed by atoms with E-state index in [9.17, 15) is 9.59 Å². The van der Waals surface area contributed by atoms with Crippen LogP contribution in [0.25, 0.3) is 32.7 Å². The Kier molecular flexibility index (Phi) is 10.9. The van der Waals surface area contributed by atoms with Gasteiger partial charge in [0.05, 0.1) is 29.1 Å². The molecule has 268 valence electrons. The minimum absolute atomic E-state index is 0.328. The molecule has 0 N–H and O–H groups in total. The van der Waals surface area contributed by atoms with E-state index in [1.165, 1.54) is 0 Å². The summed E-state index contributed by atoms with van der Waals surface area (Å²) in [6, 6.07) is 43.0. The summed E-state index contributed by atoms with van der Waals surface area (Å²) in [5, 5.41) is 12.1. The van der Waals surface area contributed by atoms with Gasteiger partial charge in [0, 0.05) is 11.1 Å². The quantitative estimate of drug-likeness (QED) is 0.0545. The van der Waals surface area contributed by atoms with Gasteiger partial charge in [-0.15, -0.1) is 0 Å². The number of esters is 2. The van der Waals surface area contributed by atoms with Gasteiger partial charge in [0.2, 0.25) is 0 Å².